The number of imidazole rings is 1. The van der Waals surface area contributed by atoms with Crippen LogP contribution in [-0.4, -0.2) is 16.2 Å². The van der Waals surface area contributed by atoms with E-state index in [1.54, 1.807) is 6.20 Å². The van der Waals surface area contributed by atoms with Gasteiger partial charge in [-0.1, -0.05) is 32.9 Å². The minimum Gasteiger partial charge on any atom is -0.491 e. The second-order valence-electron chi connectivity index (χ2n) is 5.90. The summed E-state index contributed by atoms with van der Waals surface area (Å²) in [7, 11) is 0. The van der Waals surface area contributed by atoms with Crippen LogP contribution in [0.3, 0.4) is 0 Å². The molecule has 0 aliphatic rings. The molecule has 0 spiro atoms. The van der Waals surface area contributed by atoms with Gasteiger partial charge in [0.15, 0.2) is 0 Å². The predicted molar refractivity (Wildman–Crippen MR) is 77.6 cm³/mol. The van der Waals surface area contributed by atoms with E-state index in [-0.39, 0.29) is 5.41 Å². The Hall–Kier alpha value is -1.77. The fourth-order valence-electron chi connectivity index (χ4n) is 2.05. The number of rotatable bonds is 4. The molecular weight excluding hydrogens is 236 g/mol. The van der Waals surface area contributed by atoms with Crippen molar-refractivity contribution < 1.29 is 4.74 Å². The Kier molecular flexibility index (Phi) is 3.93. The maximum atomic E-state index is 5.97. The molecule has 1 heterocycles. The maximum absolute atomic E-state index is 5.97. The molecule has 19 heavy (non-hydrogen) atoms. The molecule has 0 unspecified atom stereocenters. The molecule has 0 bridgehead atoms. The first-order valence-corrected chi connectivity index (χ1v) is 6.66. The summed E-state index contributed by atoms with van der Waals surface area (Å²) in [6.07, 6.45) is 5.54. The average molecular weight is 258 g/mol. The number of benzene rings is 1. The van der Waals surface area contributed by atoms with Gasteiger partial charge in [0, 0.05) is 12.4 Å². The van der Waals surface area contributed by atoms with Crippen LogP contribution >= 0.6 is 0 Å². The summed E-state index contributed by atoms with van der Waals surface area (Å²) in [4.78, 5) is 4.03. The Morgan fingerprint density at radius 1 is 1.26 bits per heavy atom. The van der Waals surface area contributed by atoms with E-state index in [4.69, 9.17) is 4.74 Å². The number of ether oxygens (including phenoxy) is 1. The highest BCUT2D eigenvalue weighted by atomic mass is 16.5. The van der Waals surface area contributed by atoms with Gasteiger partial charge in [0.25, 0.3) is 0 Å². The van der Waals surface area contributed by atoms with Crippen molar-refractivity contribution >= 4 is 0 Å². The van der Waals surface area contributed by atoms with Gasteiger partial charge in [0.1, 0.15) is 12.4 Å². The van der Waals surface area contributed by atoms with Crippen molar-refractivity contribution in [3.8, 4) is 5.75 Å². The van der Waals surface area contributed by atoms with Crippen LogP contribution in [0.25, 0.3) is 0 Å². The van der Waals surface area contributed by atoms with E-state index < -0.39 is 0 Å². The lowest BCUT2D eigenvalue weighted by atomic mass is 9.86. The zero-order chi connectivity index (χ0) is 13.9. The predicted octanol–water partition coefficient (Wildman–Crippen LogP) is 3.57. The largest absolute Gasteiger partial charge is 0.491 e. The van der Waals surface area contributed by atoms with Gasteiger partial charge in [-0.25, -0.2) is 4.98 Å². The first-order chi connectivity index (χ1) is 8.97. The molecule has 2 aromatic rings. The van der Waals surface area contributed by atoms with E-state index in [0.717, 1.165) is 12.3 Å². The molecule has 0 N–H and O–H groups in total. The van der Waals surface area contributed by atoms with Crippen molar-refractivity contribution in [2.24, 2.45) is 0 Å². The molecule has 0 aliphatic heterocycles. The molecule has 0 radical (unpaired) electrons. The van der Waals surface area contributed by atoms with Crippen molar-refractivity contribution in [1.82, 2.24) is 9.55 Å². The smallest absolute Gasteiger partial charge is 0.123 e. The summed E-state index contributed by atoms with van der Waals surface area (Å²) in [6.45, 7) is 10.2. The Balaban J connectivity index is 2.08. The van der Waals surface area contributed by atoms with Gasteiger partial charge in [0.2, 0.25) is 0 Å². The fraction of sp³-hybridized carbons (Fsp3) is 0.438. The number of aryl methyl sites for hydroxylation is 1. The lowest BCUT2D eigenvalue weighted by Gasteiger charge is -2.23. The number of nitrogens with zero attached hydrogens (tertiary/aromatic N) is 2. The quantitative estimate of drug-likeness (QED) is 0.838. The summed E-state index contributed by atoms with van der Waals surface area (Å²) in [5.41, 5.74) is 2.58. The zero-order valence-electron chi connectivity index (χ0n) is 12.2. The first-order valence-electron chi connectivity index (χ1n) is 6.66. The lowest BCUT2D eigenvalue weighted by Crippen LogP contribution is -2.15. The van der Waals surface area contributed by atoms with Gasteiger partial charge < -0.3 is 9.30 Å². The van der Waals surface area contributed by atoms with Crippen LogP contribution in [0.2, 0.25) is 0 Å². The molecule has 1 aromatic carbocycles. The normalized spacial score (nSPS) is 11.6. The second-order valence-corrected chi connectivity index (χ2v) is 5.90. The Bertz CT molecular complexity index is 524. The number of hydrogen-bond donors (Lipinski definition) is 0. The van der Waals surface area contributed by atoms with E-state index in [9.17, 15) is 0 Å². The van der Waals surface area contributed by atoms with Gasteiger partial charge in [-0.2, -0.15) is 0 Å². The molecule has 0 atom stereocenters. The van der Waals surface area contributed by atoms with Crippen molar-refractivity contribution in [2.75, 3.05) is 6.61 Å². The van der Waals surface area contributed by atoms with E-state index in [0.29, 0.717) is 6.61 Å². The topological polar surface area (TPSA) is 27.1 Å². The molecule has 102 valence electrons. The summed E-state index contributed by atoms with van der Waals surface area (Å²) >= 11 is 0. The van der Waals surface area contributed by atoms with Gasteiger partial charge >= 0.3 is 0 Å². The Morgan fingerprint density at radius 3 is 2.68 bits per heavy atom. The Morgan fingerprint density at radius 2 is 2.05 bits per heavy atom. The van der Waals surface area contributed by atoms with Crippen LogP contribution in [0.4, 0.5) is 0 Å². The first kappa shape index (κ1) is 13.7. The standard InChI is InChI=1S/C16H22N2O/c1-13-5-6-14(16(2,3)4)15(11-13)19-10-9-18-8-7-17-12-18/h5-8,11-12H,9-10H2,1-4H3. The average Bonchev–Trinajstić information content (AvgIpc) is 2.80. The van der Waals surface area contributed by atoms with Gasteiger partial charge in [-0.3, -0.25) is 0 Å². The maximum Gasteiger partial charge on any atom is 0.123 e. The molecule has 0 fully saturated rings. The zero-order valence-corrected chi connectivity index (χ0v) is 12.2. The highest BCUT2D eigenvalue weighted by Crippen LogP contribution is 2.32. The van der Waals surface area contributed by atoms with Crippen molar-refractivity contribution in [3.63, 3.8) is 0 Å². The summed E-state index contributed by atoms with van der Waals surface area (Å²) < 4.78 is 7.99. The molecule has 0 saturated heterocycles. The van der Waals surface area contributed by atoms with E-state index in [1.807, 2.05) is 17.1 Å². The van der Waals surface area contributed by atoms with Crippen molar-refractivity contribution in [3.05, 3.63) is 48.0 Å². The third-order valence-corrected chi connectivity index (χ3v) is 3.11. The molecule has 3 nitrogen and oxygen atoms in total. The van der Waals surface area contributed by atoms with Gasteiger partial charge in [-0.15, -0.1) is 0 Å². The van der Waals surface area contributed by atoms with E-state index in [2.05, 4.69) is 50.9 Å². The SMILES string of the molecule is Cc1ccc(C(C)(C)C)c(OCCn2ccnc2)c1. The van der Waals surface area contributed by atoms with Gasteiger partial charge in [0.05, 0.1) is 12.9 Å². The van der Waals surface area contributed by atoms with Crippen LogP contribution in [0.1, 0.15) is 31.9 Å². The molecule has 0 saturated carbocycles. The van der Waals surface area contributed by atoms with Crippen LogP contribution in [-0.2, 0) is 12.0 Å². The summed E-state index contributed by atoms with van der Waals surface area (Å²) in [5, 5.41) is 0. The molecule has 1 aromatic heterocycles. The van der Waals surface area contributed by atoms with Crippen molar-refractivity contribution in [2.45, 2.75) is 39.7 Å². The minimum atomic E-state index is 0.0953. The fourth-order valence-corrected chi connectivity index (χ4v) is 2.05. The lowest BCUT2D eigenvalue weighted by molar-refractivity contribution is 0.290. The van der Waals surface area contributed by atoms with E-state index in [1.165, 1.54) is 11.1 Å². The number of hydrogen-bond acceptors (Lipinski definition) is 2. The molecular formula is C16H22N2O. The molecule has 0 aliphatic carbocycles. The summed E-state index contributed by atoms with van der Waals surface area (Å²) in [6, 6.07) is 6.43. The highest BCUT2D eigenvalue weighted by Gasteiger charge is 2.18. The summed E-state index contributed by atoms with van der Waals surface area (Å²) in [5.74, 6) is 0.993. The van der Waals surface area contributed by atoms with Crippen LogP contribution < -0.4 is 4.74 Å². The van der Waals surface area contributed by atoms with Gasteiger partial charge in [-0.05, 0) is 29.5 Å². The monoisotopic (exact) mass is 258 g/mol. The van der Waals surface area contributed by atoms with Crippen LogP contribution in [0, 0.1) is 6.92 Å². The molecule has 3 heteroatoms. The third-order valence-electron chi connectivity index (χ3n) is 3.11. The van der Waals surface area contributed by atoms with Crippen LogP contribution in [0.5, 0.6) is 5.75 Å². The molecule has 0 amide bonds. The highest BCUT2D eigenvalue weighted by molar-refractivity contribution is 5.41. The van der Waals surface area contributed by atoms with Crippen molar-refractivity contribution in [1.29, 1.82) is 0 Å². The third kappa shape index (κ3) is 3.60. The second kappa shape index (κ2) is 5.47. The van der Waals surface area contributed by atoms with E-state index >= 15 is 0 Å². The molecule has 2 rings (SSSR count). The Labute approximate surface area is 115 Å². The minimum absolute atomic E-state index is 0.0953. The van der Waals surface area contributed by atoms with Crippen LogP contribution in [0.15, 0.2) is 36.9 Å². The number of aromatic nitrogens is 2.